The third-order valence-corrected chi connectivity index (χ3v) is 3.64. The number of likely N-dealkylation sites (tertiary alicyclic amines) is 1. The van der Waals surface area contributed by atoms with E-state index in [1.165, 1.54) is 24.7 Å². The fourth-order valence-corrected chi connectivity index (χ4v) is 2.47. The average molecular weight is 301 g/mol. The van der Waals surface area contributed by atoms with Crippen LogP contribution in [0.2, 0.25) is 0 Å². The normalized spacial score (nSPS) is 15.6. The largest absolute Gasteiger partial charge is 0.487 e. The number of carbonyl (C=O) groups is 1. The Balaban J connectivity index is 1.57. The summed E-state index contributed by atoms with van der Waals surface area (Å²) in [6.45, 7) is 1.13. The zero-order valence-electron chi connectivity index (χ0n) is 12.0. The van der Waals surface area contributed by atoms with E-state index in [4.69, 9.17) is 4.74 Å². The van der Waals surface area contributed by atoms with Gasteiger partial charge >= 0.3 is 0 Å². The van der Waals surface area contributed by atoms with Crippen LogP contribution in [0.1, 0.15) is 23.3 Å². The van der Waals surface area contributed by atoms with E-state index in [2.05, 4.69) is 9.97 Å². The maximum atomic E-state index is 13.6. The summed E-state index contributed by atoms with van der Waals surface area (Å²) in [5.41, 5.74) is 0.343. The molecule has 0 bridgehead atoms. The number of para-hydroxylation sites is 1. The number of nitrogens with zero attached hydrogens (tertiary/aromatic N) is 3. The quantitative estimate of drug-likeness (QED) is 0.873. The van der Waals surface area contributed by atoms with E-state index in [-0.39, 0.29) is 23.6 Å². The molecule has 1 aromatic heterocycles. The van der Waals surface area contributed by atoms with Crippen molar-refractivity contribution in [2.24, 2.45) is 0 Å². The maximum absolute atomic E-state index is 13.6. The van der Waals surface area contributed by atoms with E-state index >= 15 is 0 Å². The highest BCUT2D eigenvalue weighted by molar-refractivity contribution is 5.92. The first-order chi connectivity index (χ1) is 10.7. The number of halogens is 1. The molecule has 1 saturated heterocycles. The second-order valence-corrected chi connectivity index (χ2v) is 5.13. The number of ether oxygens (including phenoxy) is 1. The Labute approximate surface area is 127 Å². The van der Waals surface area contributed by atoms with Crippen molar-refractivity contribution in [3.8, 4) is 5.75 Å². The van der Waals surface area contributed by atoms with Crippen LogP contribution in [-0.4, -0.2) is 40.0 Å². The molecule has 1 fully saturated rings. The molecule has 6 heteroatoms. The van der Waals surface area contributed by atoms with E-state index in [0.717, 1.165) is 0 Å². The minimum Gasteiger partial charge on any atom is -0.487 e. The number of piperidine rings is 1. The standard InChI is InChI=1S/C16H16FN3O2/c17-13-3-1-2-4-15(13)22-12-5-9-20(10-6-12)16(21)14-11-18-7-8-19-14/h1-4,7-8,11-12H,5-6,9-10H2. The highest BCUT2D eigenvalue weighted by Crippen LogP contribution is 2.22. The van der Waals surface area contributed by atoms with Crippen LogP contribution in [0.25, 0.3) is 0 Å². The Morgan fingerprint density at radius 2 is 2.00 bits per heavy atom. The molecule has 0 radical (unpaired) electrons. The van der Waals surface area contributed by atoms with Gasteiger partial charge in [-0.1, -0.05) is 12.1 Å². The van der Waals surface area contributed by atoms with Crippen LogP contribution < -0.4 is 4.74 Å². The number of rotatable bonds is 3. The molecule has 114 valence electrons. The zero-order chi connectivity index (χ0) is 15.4. The van der Waals surface area contributed by atoms with Crippen molar-refractivity contribution < 1.29 is 13.9 Å². The number of amides is 1. The molecule has 22 heavy (non-hydrogen) atoms. The first kappa shape index (κ1) is 14.4. The lowest BCUT2D eigenvalue weighted by atomic mass is 10.1. The molecular weight excluding hydrogens is 285 g/mol. The van der Waals surface area contributed by atoms with Crippen molar-refractivity contribution in [3.05, 3.63) is 54.4 Å². The van der Waals surface area contributed by atoms with Gasteiger partial charge in [-0.2, -0.15) is 0 Å². The van der Waals surface area contributed by atoms with Gasteiger partial charge in [-0.25, -0.2) is 9.37 Å². The van der Waals surface area contributed by atoms with E-state index in [1.807, 2.05) is 0 Å². The Hall–Kier alpha value is -2.50. The van der Waals surface area contributed by atoms with Crippen molar-refractivity contribution in [2.45, 2.75) is 18.9 Å². The van der Waals surface area contributed by atoms with Gasteiger partial charge in [0.15, 0.2) is 11.6 Å². The molecule has 0 saturated carbocycles. The summed E-state index contributed by atoms with van der Waals surface area (Å²) >= 11 is 0. The van der Waals surface area contributed by atoms with E-state index in [0.29, 0.717) is 31.6 Å². The highest BCUT2D eigenvalue weighted by Gasteiger charge is 2.25. The van der Waals surface area contributed by atoms with Gasteiger partial charge in [0.25, 0.3) is 5.91 Å². The van der Waals surface area contributed by atoms with Crippen LogP contribution in [0.15, 0.2) is 42.9 Å². The van der Waals surface area contributed by atoms with Crippen LogP contribution in [0.4, 0.5) is 4.39 Å². The summed E-state index contributed by atoms with van der Waals surface area (Å²) in [5, 5.41) is 0. The molecule has 5 nitrogen and oxygen atoms in total. The molecule has 1 aromatic carbocycles. The lowest BCUT2D eigenvalue weighted by molar-refractivity contribution is 0.0582. The molecule has 0 atom stereocenters. The third kappa shape index (κ3) is 3.21. The molecule has 0 aliphatic carbocycles. The summed E-state index contributed by atoms with van der Waals surface area (Å²) in [7, 11) is 0. The summed E-state index contributed by atoms with van der Waals surface area (Å²) in [6.07, 6.45) is 5.75. The summed E-state index contributed by atoms with van der Waals surface area (Å²) < 4.78 is 19.2. The molecule has 0 unspecified atom stereocenters. The molecule has 0 N–H and O–H groups in total. The first-order valence-corrected chi connectivity index (χ1v) is 7.20. The predicted octanol–water partition coefficient (Wildman–Crippen LogP) is 2.30. The van der Waals surface area contributed by atoms with Crippen LogP contribution in [0.5, 0.6) is 5.75 Å². The van der Waals surface area contributed by atoms with Crippen molar-refractivity contribution in [2.75, 3.05) is 13.1 Å². The molecule has 3 rings (SSSR count). The van der Waals surface area contributed by atoms with Crippen LogP contribution in [-0.2, 0) is 0 Å². The second kappa shape index (κ2) is 6.51. The Morgan fingerprint density at radius 1 is 1.23 bits per heavy atom. The second-order valence-electron chi connectivity index (χ2n) is 5.13. The van der Waals surface area contributed by atoms with Gasteiger partial charge in [0.05, 0.1) is 6.20 Å². The SMILES string of the molecule is O=C(c1cnccn1)N1CCC(Oc2ccccc2F)CC1. The fourth-order valence-electron chi connectivity index (χ4n) is 2.47. The minimum absolute atomic E-state index is 0.0807. The number of hydrogen-bond acceptors (Lipinski definition) is 4. The minimum atomic E-state index is -0.361. The van der Waals surface area contributed by atoms with Crippen LogP contribution in [0.3, 0.4) is 0 Å². The third-order valence-electron chi connectivity index (χ3n) is 3.64. The molecule has 1 amide bonds. The lowest BCUT2D eigenvalue weighted by Gasteiger charge is -2.32. The monoisotopic (exact) mass is 301 g/mol. The molecule has 0 spiro atoms. The summed E-state index contributed by atoms with van der Waals surface area (Å²) in [4.78, 5) is 21.9. The molecule has 1 aliphatic rings. The molecule has 2 aromatic rings. The van der Waals surface area contributed by atoms with Gasteiger partial charge in [0, 0.05) is 38.3 Å². The Kier molecular flexibility index (Phi) is 4.27. The Bertz CT molecular complexity index is 643. The Morgan fingerprint density at radius 3 is 2.68 bits per heavy atom. The highest BCUT2D eigenvalue weighted by atomic mass is 19.1. The van der Waals surface area contributed by atoms with Gasteiger partial charge in [0.2, 0.25) is 0 Å². The predicted molar refractivity (Wildman–Crippen MR) is 78.0 cm³/mol. The number of aromatic nitrogens is 2. The van der Waals surface area contributed by atoms with E-state index in [9.17, 15) is 9.18 Å². The fraction of sp³-hybridized carbons (Fsp3) is 0.312. The molecule has 1 aliphatic heterocycles. The van der Waals surface area contributed by atoms with Crippen molar-refractivity contribution >= 4 is 5.91 Å². The number of carbonyl (C=O) groups excluding carboxylic acids is 1. The van der Waals surface area contributed by atoms with Crippen molar-refractivity contribution in [3.63, 3.8) is 0 Å². The lowest BCUT2D eigenvalue weighted by Crippen LogP contribution is -2.42. The first-order valence-electron chi connectivity index (χ1n) is 7.20. The zero-order valence-corrected chi connectivity index (χ0v) is 12.0. The van der Waals surface area contributed by atoms with Gasteiger partial charge in [0.1, 0.15) is 11.8 Å². The van der Waals surface area contributed by atoms with E-state index < -0.39 is 0 Å². The van der Waals surface area contributed by atoms with Crippen molar-refractivity contribution in [1.29, 1.82) is 0 Å². The van der Waals surface area contributed by atoms with Gasteiger partial charge in [-0.05, 0) is 12.1 Å². The molecular formula is C16H16FN3O2. The van der Waals surface area contributed by atoms with Gasteiger partial charge in [-0.15, -0.1) is 0 Å². The van der Waals surface area contributed by atoms with Crippen LogP contribution in [0, 0.1) is 5.82 Å². The average Bonchev–Trinajstić information content (AvgIpc) is 2.58. The van der Waals surface area contributed by atoms with E-state index in [1.54, 1.807) is 23.1 Å². The molecule has 2 heterocycles. The topological polar surface area (TPSA) is 55.3 Å². The summed E-state index contributed by atoms with van der Waals surface area (Å²) in [5.74, 6) is -0.223. The smallest absolute Gasteiger partial charge is 0.274 e. The maximum Gasteiger partial charge on any atom is 0.274 e. The van der Waals surface area contributed by atoms with Crippen molar-refractivity contribution in [1.82, 2.24) is 14.9 Å². The van der Waals surface area contributed by atoms with Gasteiger partial charge in [-0.3, -0.25) is 9.78 Å². The summed E-state index contributed by atoms with van der Waals surface area (Å²) in [6, 6.07) is 6.37. The number of hydrogen-bond donors (Lipinski definition) is 0. The number of benzene rings is 1. The van der Waals surface area contributed by atoms with Crippen LogP contribution >= 0.6 is 0 Å². The van der Waals surface area contributed by atoms with Gasteiger partial charge < -0.3 is 9.64 Å².